The minimum absolute atomic E-state index is 0.126. The second kappa shape index (κ2) is 7.45. The van der Waals surface area contributed by atoms with Crippen molar-refractivity contribution in [3.8, 4) is 0 Å². The van der Waals surface area contributed by atoms with Crippen molar-refractivity contribution in [2.75, 3.05) is 11.9 Å². The number of ether oxygens (including phenoxy) is 1. The highest BCUT2D eigenvalue weighted by molar-refractivity contribution is 14.1. The van der Waals surface area contributed by atoms with Crippen LogP contribution < -0.4 is 5.32 Å². The number of carbonyl (C=O) groups is 2. The second-order valence-electron chi connectivity index (χ2n) is 5.97. The largest absolute Gasteiger partial charge is 0.462 e. The molecule has 1 aliphatic rings. The number of hydrogen-bond acceptors (Lipinski definition) is 5. The summed E-state index contributed by atoms with van der Waals surface area (Å²) in [6.07, 6.45) is 2.87. The Morgan fingerprint density at radius 1 is 1.36 bits per heavy atom. The maximum Gasteiger partial charge on any atom is 0.341 e. The average molecular weight is 473 g/mol. The van der Waals surface area contributed by atoms with Gasteiger partial charge in [0.2, 0.25) is 5.91 Å². The average Bonchev–Trinajstić information content (AvgIpc) is 3.18. The highest BCUT2D eigenvalue weighted by Crippen LogP contribution is 2.39. The van der Waals surface area contributed by atoms with Crippen LogP contribution in [0, 0.1) is 17.4 Å². The number of aromatic nitrogens is 2. The van der Waals surface area contributed by atoms with Crippen LogP contribution in [0.2, 0.25) is 0 Å². The van der Waals surface area contributed by atoms with Crippen molar-refractivity contribution < 1.29 is 14.3 Å². The Kier molecular flexibility index (Phi) is 5.47. The van der Waals surface area contributed by atoms with Crippen molar-refractivity contribution in [2.45, 2.75) is 46.6 Å². The normalized spacial score (nSPS) is 13.0. The molecule has 2 heterocycles. The Morgan fingerprint density at radius 3 is 2.76 bits per heavy atom. The molecule has 0 atom stereocenters. The van der Waals surface area contributed by atoms with E-state index in [-0.39, 0.29) is 18.4 Å². The molecule has 1 aliphatic carbocycles. The number of amides is 1. The lowest BCUT2D eigenvalue weighted by Crippen LogP contribution is -2.21. The number of halogens is 1. The fourth-order valence-electron chi connectivity index (χ4n) is 3.04. The molecule has 0 fully saturated rings. The summed E-state index contributed by atoms with van der Waals surface area (Å²) in [6, 6.07) is 0. The summed E-state index contributed by atoms with van der Waals surface area (Å²) < 4.78 is 7.94. The number of thiophene rings is 1. The van der Waals surface area contributed by atoms with Crippen molar-refractivity contribution in [1.29, 1.82) is 0 Å². The lowest BCUT2D eigenvalue weighted by Gasteiger charge is -2.09. The number of nitrogens with zero attached hydrogens (tertiary/aromatic N) is 2. The van der Waals surface area contributed by atoms with Crippen LogP contribution in [0.3, 0.4) is 0 Å². The summed E-state index contributed by atoms with van der Waals surface area (Å²) in [6.45, 7) is 6.10. The van der Waals surface area contributed by atoms with Gasteiger partial charge in [-0.05, 0) is 68.2 Å². The van der Waals surface area contributed by atoms with Gasteiger partial charge in [0.25, 0.3) is 0 Å². The third kappa shape index (κ3) is 3.59. The molecule has 0 saturated carbocycles. The van der Waals surface area contributed by atoms with E-state index in [1.165, 1.54) is 16.2 Å². The molecule has 0 radical (unpaired) electrons. The van der Waals surface area contributed by atoms with E-state index >= 15 is 0 Å². The minimum Gasteiger partial charge on any atom is -0.462 e. The number of rotatable bonds is 5. The maximum absolute atomic E-state index is 12.5. The quantitative estimate of drug-likeness (QED) is 0.534. The first-order valence-corrected chi connectivity index (χ1v) is 10.1. The zero-order valence-corrected chi connectivity index (χ0v) is 17.4. The lowest BCUT2D eigenvalue weighted by molar-refractivity contribution is -0.116. The summed E-state index contributed by atoms with van der Waals surface area (Å²) in [5, 5.41) is 7.89. The number of hydrogen-bond donors (Lipinski definition) is 1. The lowest BCUT2D eigenvalue weighted by atomic mass is 10.1. The third-order valence-corrected chi connectivity index (χ3v) is 7.01. The molecule has 1 amide bonds. The van der Waals surface area contributed by atoms with Crippen LogP contribution in [0.4, 0.5) is 5.00 Å². The molecule has 2 aromatic heterocycles. The smallest absolute Gasteiger partial charge is 0.341 e. The second-order valence-corrected chi connectivity index (χ2v) is 8.16. The number of nitrogens with one attached hydrogen (secondary N) is 1. The van der Waals surface area contributed by atoms with Crippen molar-refractivity contribution >= 4 is 50.8 Å². The Balaban J connectivity index is 1.81. The number of fused-ring (bicyclic) bond motifs is 1. The number of aryl methyl sites for hydroxylation is 2. The molecule has 0 aromatic carbocycles. The van der Waals surface area contributed by atoms with E-state index < -0.39 is 0 Å². The van der Waals surface area contributed by atoms with Crippen LogP contribution in [0.1, 0.15) is 45.5 Å². The van der Waals surface area contributed by atoms with Crippen LogP contribution in [-0.2, 0) is 28.9 Å². The van der Waals surface area contributed by atoms with E-state index in [1.807, 2.05) is 13.8 Å². The summed E-state index contributed by atoms with van der Waals surface area (Å²) in [7, 11) is 0. The maximum atomic E-state index is 12.5. The van der Waals surface area contributed by atoms with E-state index in [9.17, 15) is 9.59 Å². The monoisotopic (exact) mass is 473 g/mol. The van der Waals surface area contributed by atoms with Crippen molar-refractivity contribution in [3.05, 3.63) is 31.0 Å². The van der Waals surface area contributed by atoms with Gasteiger partial charge in [-0.3, -0.25) is 9.48 Å². The van der Waals surface area contributed by atoms with E-state index in [2.05, 4.69) is 33.0 Å². The standard InChI is InChI=1S/C17H20IN3O3S/c1-4-24-17(23)14-11-6-5-7-12(11)25-16(14)19-13(22)8-21-10(3)15(18)9(2)20-21/h4-8H2,1-3H3,(H,19,22). The number of esters is 1. The molecule has 0 bridgehead atoms. The topological polar surface area (TPSA) is 73.2 Å². The fourth-order valence-corrected chi connectivity index (χ4v) is 4.72. The molecule has 25 heavy (non-hydrogen) atoms. The predicted molar refractivity (Wildman–Crippen MR) is 105 cm³/mol. The molecule has 2 aromatic rings. The van der Waals surface area contributed by atoms with Gasteiger partial charge < -0.3 is 10.1 Å². The first-order valence-electron chi connectivity index (χ1n) is 8.23. The van der Waals surface area contributed by atoms with E-state index in [0.29, 0.717) is 17.2 Å². The first-order chi connectivity index (χ1) is 11.9. The summed E-state index contributed by atoms with van der Waals surface area (Å²) in [5.74, 6) is -0.537. The Morgan fingerprint density at radius 2 is 2.12 bits per heavy atom. The summed E-state index contributed by atoms with van der Waals surface area (Å²) >= 11 is 3.72. The Labute approximate surface area is 164 Å². The molecule has 0 spiro atoms. The number of carbonyl (C=O) groups excluding carboxylic acids is 2. The van der Waals surface area contributed by atoms with Gasteiger partial charge >= 0.3 is 5.97 Å². The van der Waals surface area contributed by atoms with Gasteiger partial charge in [0.05, 0.1) is 21.4 Å². The van der Waals surface area contributed by atoms with E-state index in [1.54, 1.807) is 11.6 Å². The highest BCUT2D eigenvalue weighted by Gasteiger charge is 2.28. The van der Waals surface area contributed by atoms with Crippen LogP contribution >= 0.6 is 33.9 Å². The third-order valence-electron chi connectivity index (χ3n) is 4.24. The molecule has 134 valence electrons. The SMILES string of the molecule is CCOC(=O)c1c(NC(=O)Cn2nc(C)c(I)c2C)sc2c1CCC2. The van der Waals surface area contributed by atoms with Gasteiger partial charge in [0, 0.05) is 10.6 Å². The molecular formula is C17H20IN3O3S. The van der Waals surface area contributed by atoms with E-state index in [4.69, 9.17) is 4.74 Å². The molecule has 6 nitrogen and oxygen atoms in total. The van der Waals surface area contributed by atoms with Crippen molar-refractivity contribution in [1.82, 2.24) is 9.78 Å². The molecule has 3 rings (SSSR count). The predicted octanol–water partition coefficient (Wildman–Crippen LogP) is 3.47. The zero-order chi connectivity index (χ0) is 18.1. The van der Waals surface area contributed by atoms with Crippen LogP contribution in [0.25, 0.3) is 0 Å². The fraction of sp³-hybridized carbons (Fsp3) is 0.471. The van der Waals surface area contributed by atoms with Crippen LogP contribution in [0.15, 0.2) is 0 Å². The summed E-state index contributed by atoms with van der Waals surface area (Å²) in [4.78, 5) is 26.0. The summed E-state index contributed by atoms with van der Waals surface area (Å²) in [5.41, 5.74) is 3.45. The van der Waals surface area contributed by atoms with Gasteiger partial charge in [-0.2, -0.15) is 5.10 Å². The molecule has 1 N–H and O–H groups in total. The van der Waals surface area contributed by atoms with Gasteiger partial charge in [0.15, 0.2) is 0 Å². The van der Waals surface area contributed by atoms with Crippen LogP contribution in [-0.4, -0.2) is 28.3 Å². The van der Waals surface area contributed by atoms with E-state index in [0.717, 1.165) is 39.8 Å². The first kappa shape index (κ1) is 18.4. The molecule has 0 aliphatic heterocycles. The molecular weight excluding hydrogens is 453 g/mol. The van der Waals surface area contributed by atoms with Crippen molar-refractivity contribution in [3.63, 3.8) is 0 Å². The van der Waals surface area contributed by atoms with Crippen LogP contribution in [0.5, 0.6) is 0 Å². The molecule has 0 saturated heterocycles. The highest BCUT2D eigenvalue weighted by atomic mass is 127. The Hall–Kier alpha value is -1.42. The van der Waals surface area contributed by atoms with Gasteiger partial charge in [-0.1, -0.05) is 0 Å². The Bertz CT molecular complexity index is 841. The van der Waals surface area contributed by atoms with Gasteiger partial charge in [-0.15, -0.1) is 11.3 Å². The molecule has 0 unspecified atom stereocenters. The number of anilines is 1. The molecule has 8 heteroatoms. The zero-order valence-electron chi connectivity index (χ0n) is 14.4. The van der Waals surface area contributed by atoms with Gasteiger partial charge in [-0.25, -0.2) is 4.79 Å². The van der Waals surface area contributed by atoms with Gasteiger partial charge in [0.1, 0.15) is 11.5 Å². The minimum atomic E-state index is -0.349. The van der Waals surface area contributed by atoms with Crippen molar-refractivity contribution in [2.24, 2.45) is 0 Å².